The van der Waals surface area contributed by atoms with E-state index in [2.05, 4.69) is 15.0 Å². The van der Waals surface area contributed by atoms with Crippen LogP contribution in [-0.4, -0.2) is 28.2 Å². The summed E-state index contributed by atoms with van der Waals surface area (Å²) in [5, 5.41) is 0. The van der Waals surface area contributed by atoms with Crippen molar-refractivity contribution in [2.75, 3.05) is 18.9 Å². The number of hydrogen-bond acceptors (Lipinski definition) is 5. The standard InChI is InChI=1S/C16H14N4O2/c17-15-8-11(16(20-15)12-3-4-18-9-19-12)10-1-2-13-14(7-10)22-6-5-21-13/h1-4,7-9,20H,5-6,17H2. The predicted octanol–water partition coefficient (Wildman–Crippen LogP) is 2.49. The van der Waals surface area contributed by atoms with Gasteiger partial charge in [-0.3, -0.25) is 0 Å². The lowest BCUT2D eigenvalue weighted by molar-refractivity contribution is 0.171. The minimum absolute atomic E-state index is 0.560. The lowest BCUT2D eigenvalue weighted by Gasteiger charge is -2.18. The number of anilines is 1. The lowest BCUT2D eigenvalue weighted by atomic mass is 10.0. The smallest absolute Gasteiger partial charge is 0.161 e. The molecule has 22 heavy (non-hydrogen) atoms. The number of ether oxygens (including phenoxy) is 2. The van der Waals surface area contributed by atoms with Crippen LogP contribution >= 0.6 is 0 Å². The van der Waals surface area contributed by atoms with Gasteiger partial charge in [0.2, 0.25) is 0 Å². The van der Waals surface area contributed by atoms with Crippen molar-refractivity contribution in [1.29, 1.82) is 0 Å². The number of nitrogens with one attached hydrogen (secondary N) is 1. The van der Waals surface area contributed by atoms with Gasteiger partial charge in [0.05, 0.1) is 11.4 Å². The fraction of sp³-hybridized carbons (Fsp3) is 0.125. The number of aromatic nitrogens is 3. The predicted molar refractivity (Wildman–Crippen MR) is 82.7 cm³/mol. The molecule has 0 atom stereocenters. The maximum absolute atomic E-state index is 5.94. The Bertz CT molecular complexity index is 814. The van der Waals surface area contributed by atoms with Gasteiger partial charge in [-0.2, -0.15) is 0 Å². The van der Waals surface area contributed by atoms with Crippen LogP contribution in [0.1, 0.15) is 0 Å². The second-order valence-corrected chi connectivity index (χ2v) is 4.97. The zero-order valence-electron chi connectivity index (χ0n) is 11.7. The Balaban J connectivity index is 1.83. The quantitative estimate of drug-likeness (QED) is 0.758. The highest BCUT2D eigenvalue weighted by Gasteiger charge is 2.16. The zero-order valence-corrected chi connectivity index (χ0v) is 11.7. The Morgan fingerprint density at radius 3 is 2.73 bits per heavy atom. The maximum atomic E-state index is 5.94. The minimum atomic E-state index is 0.560. The van der Waals surface area contributed by atoms with Gasteiger partial charge in [0.25, 0.3) is 0 Å². The SMILES string of the molecule is Nc1cc(-c2ccc3c(c2)OCCO3)c(-c2ccncn2)[nH]1. The van der Waals surface area contributed by atoms with Crippen LogP contribution < -0.4 is 15.2 Å². The molecule has 110 valence electrons. The van der Waals surface area contributed by atoms with Crippen molar-refractivity contribution in [2.24, 2.45) is 0 Å². The molecule has 0 saturated carbocycles. The molecule has 1 aliphatic heterocycles. The van der Waals surface area contributed by atoms with Crippen LogP contribution in [0.15, 0.2) is 42.9 Å². The minimum Gasteiger partial charge on any atom is -0.486 e. The van der Waals surface area contributed by atoms with Crippen LogP contribution in [0.4, 0.5) is 5.82 Å². The molecule has 0 saturated heterocycles. The Labute approximate surface area is 126 Å². The van der Waals surface area contributed by atoms with Crippen molar-refractivity contribution >= 4 is 5.82 Å². The maximum Gasteiger partial charge on any atom is 0.161 e. The molecule has 0 bridgehead atoms. The normalized spacial score (nSPS) is 13.1. The summed E-state index contributed by atoms with van der Waals surface area (Å²) in [6.07, 6.45) is 3.22. The van der Waals surface area contributed by atoms with Gasteiger partial charge in [-0.1, -0.05) is 6.07 Å². The average molecular weight is 294 g/mol. The number of hydrogen-bond donors (Lipinski definition) is 2. The van der Waals surface area contributed by atoms with Gasteiger partial charge in [-0.25, -0.2) is 9.97 Å². The highest BCUT2D eigenvalue weighted by molar-refractivity contribution is 5.83. The summed E-state index contributed by atoms with van der Waals surface area (Å²) < 4.78 is 11.2. The van der Waals surface area contributed by atoms with Gasteiger partial charge in [-0.05, 0) is 29.8 Å². The second kappa shape index (κ2) is 5.07. The van der Waals surface area contributed by atoms with Gasteiger partial charge in [0.1, 0.15) is 25.4 Å². The third-order valence-electron chi connectivity index (χ3n) is 3.53. The van der Waals surface area contributed by atoms with Crippen molar-refractivity contribution in [3.63, 3.8) is 0 Å². The van der Waals surface area contributed by atoms with E-state index in [0.29, 0.717) is 19.0 Å². The second-order valence-electron chi connectivity index (χ2n) is 4.97. The Morgan fingerprint density at radius 2 is 1.91 bits per heavy atom. The summed E-state index contributed by atoms with van der Waals surface area (Å²) in [6, 6.07) is 9.59. The summed E-state index contributed by atoms with van der Waals surface area (Å²) in [6.45, 7) is 1.14. The molecule has 6 heteroatoms. The molecule has 0 amide bonds. The van der Waals surface area contributed by atoms with E-state index in [-0.39, 0.29) is 0 Å². The number of nitrogens with zero attached hydrogens (tertiary/aromatic N) is 2. The van der Waals surface area contributed by atoms with Gasteiger partial charge >= 0.3 is 0 Å². The van der Waals surface area contributed by atoms with Crippen LogP contribution in [0.2, 0.25) is 0 Å². The van der Waals surface area contributed by atoms with Crippen molar-refractivity contribution in [3.05, 3.63) is 42.9 Å². The first-order valence-corrected chi connectivity index (χ1v) is 6.96. The molecule has 0 spiro atoms. The van der Waals surface area contributed by atoms with Crippen LogP contribution in [0, 0.1) is 0 Å². The molecule has 0 radical (unpaired) electrons. The summed E-state index contributed by atoms with van der Waals surface area (Å²) in [4.78, 5) is 11.4. The molecule has 0 fully saturated rings. The summed E-state index contributed by atoms with van der Waals surface area (Å²) >= 11 is 0. The summed E-state index contributed by atoms with van der Waals surface area (Å²) in [5.41, 5.74) is 9.54. The van der Waals surface area contributed by atoms with E-state index in [1.165, 1.54) is 6.33 Å². The topological polar surface area (TPSA) is 86.1 Å². The molecule has 1 aliphatic rings. The molecule has 0 unspecified atom stereocenters. The molecule has 3 aromatic rings. The van der Waals surface area contributed by atoms with Crippen molar-refractivity contribution < 1.29 is 9.47 Å². The van der Waals surface area contributed by atoms with Crippen LogP contribution in [0.3, 0.4) is 0 Å². The first-order chi connectivity index (χ1) is 10.8. The van der Waals surface area contributed by atoms with Gasteiger partial charge in [-0.15, -0.1) is 0 Å². The third-order valence-corrected chi connectivity index (χ3v) is 3.53. The highest BCUT2D eigenvalue weighted by Crippen LogP contribution is 2.38. The van der Waals surface area contributed by atoms with Crippen LogP contribution in [0.25, 0.3) is 22.5 Å². The molecule has 3 heterocycles. The van der Waals surface area contributed by atoms with Crippen molar-refractivity contribution in [2.45, 2.75) is 0 Å². The van der Waals surface area contributed by atoms with Crippen molar-refractivity contribution in [3.8, 4) is 34.0 Å². The number of H-pyrrole nitrogens is 1. The lowest BCUT2D eigenvalue weighted by Crippen LogP contribution is -2.15. The number of rotatable bonds is 2. The molecule has 4 rings (SSSR count). The fourth-order valence-corrected chi connectivity index (χ4v) is 2.55. The molecule has 1 aromatic carbocycles. The molecular weight excluding hydrogens is 280 g/mol. The number of benzene rings is 1. The Morgan fingerprint density at radius 1 is 1.05 bits per heavy atom. The monoisotopic (exact) mass is 294 g/mol. The van der Waals surface area contributed by atoms with E-state index in [0.717, 1.165) is 34.0 Å². The van der Waals surface area contributed by atoms with Gasteiger partial charge in [0.15, 0.2) is 11.5 Å². The van der Waals surface area contributed by atoms with Crippen LogP contribution in [0.5, 0.6) is 11.5 Å². The Kier molecular flexibility index (Phi) is 2.93. The summed E-state index contributed by atoms with van der Waals surface area (Å²) in [7, 11) is 0. The number of nitrogen functional groups attached to an aromatic ring is 1. The van der Waals surface area contributed by atoms with E-state index < -0.39 is 0 Å². The first kappa shape index (κ1) is 12.7. The number of nitrogens with two attached hydrogens (primary N) is 1. The molecule has 3 N–H and O–H groups in total. The molecule has 6 nitrogen and oxygen atoms in total. The van der Waals surface area contributed by atoms with Crippen LogP contribution in [-0.2, 0) is 0 Å². The fourth-order valence-electron chi connectivity index (χ4n) is 2.55. The number of aromatic amines is 1. The zero-order chi connectivity index (χ0) is 14.9. The van der Waals surface area contributed by atoms with Crippen molar-refractivity contribution in [1.82, 2.24) is 15.0 Å². The molecule has 0 aliphatic carbocycles. The van der Waals surface area contributed by atoms with E-state index in [1.807, 2.05) is 30.3 Å². The van der Waals surface area contributed by atoms with E-state index in [1.54, 1.807) is 6.20 Å². The van der Waals surface area contributed by atoms with E-state index in [9.17, 15) is 0 Å². The Hall–Kier alpha value is -3.02. The number of fused-ring (bicyclic) bond motifs is 1. The largest absolute Gasteiger partial charge is 0.486 e. The van der Waals surface area contributed by atoms with E-state index >= 15 is 0 Å². The molecular formula is C16H14N4O2. The molecule has 2 aromatic heterocycles. The van der Waals surface area contributed by atoms with E-state index in [4.69, 9.17) is 15.2 Å². The summed E-state index contributed by atoms with van der Waals surface area (Å²) in [5.74, 6) is 2.10. The third kappa shape index (κ3) is 2.14. The highest BCUT2D eigenvalue weighted by atomic mass is 16.6. The first-order valence-electron chi connectivity index (χ1n) is 6.96. The average Bonchev–Trinajstić information content (AvgIpc) is 2.97. The van der Waals surface area contributed by atoms with Gasteiger partial charge in [0, 0.05) is 11.8 Å². The van der Waals surface area contributed by atoms with Gasteiger partial charge < -0.3 is 20.2 Å².